The first-order chi connectivity index (χ1) is 11.4. The Morgan fingerprint density at radius 1 is 1.42 bits per heavy atom. The van der Waals surface area contributed by atoms with Gasteiger partial charge in [0.05, 0.1) is 6.54 Å². The molecule has 1 atom stereocenters. The normalized spacial score (nSPS) is 17.3. The zero-order chi connectivity index (χ0) is 17.9. The summed E-state index contributed by atoms with van der Waals surface area (Å²) in [4.78, 5) is 37.9. The lowest BCUT2D eigenvalue weighted by Crippen LogP contribution is -2.36. The van der Waals surface area contributed by atoms with Crippen LogP contribution in [0.3, 0.4) is 0 Å². The van der Waals surface area contributed by atoms with Gasteiger partial charge in [0, 0.05) is 23.5 Å². The van der Waals surface area contributed by atoms with Crippen LogP contribution in [0.4, 0.5) is 4.79 Å². The van der Waals surface area contributed by atoms with Crippen molar-refractivity contribution in [2.45, 2.75) is 32.9 Å². The Labute approximate surface area is 146 Å². The third kappa shape index (κ3) is 3.56. The number of ketones is 1. The van der Waals surface area contributed by atoms with Gasteiger partial charge in [-0.25, -0.2) is 4.79 Å². The van der Waals surface area contributed by atoms with Crippen molar-refractivity contribution in [2.24, 2.45) is 0 Å². The number of allylic oxidation sites excluding steroid dienone is 1. The third-order valence-electron chi connectivity index (χ3n) is 4.21. The number of urea groups is 1. The molecule has 0 aliphatic carbocycles. The summed E-state index contributed by atoms with van der Waals surface area (Å²) in [6.07, 6.45) is 4.29. The quantitative estimate of drug-likeness (QED) is 0.443. The molecule has 0 aromatic carbocycles. The molecule has 2 heterocycles. The molecule has 7 heteroatoms. The number of nitrogens with zero attached hydrogens (tertiary/aromatic N) is 2. The Hall–Kier alpha value is -2.02. The summed E-state index contributed by atoms with van der Waals surface area (Å²) in [6, 6.07) is 0.787. The molecule has 6 nitrogen and oxygen atoms in total. The van der Waals surface area contributed by atoms with Crippen molar-refractivity contribution in [1.82, 2.24) is 14.8 Å². The molecule has 1 aliphatic heterocycles. The number of carbonyl (C=O) groups excluding carboxylic acids is 3. The molecular formula is C17H23N3O3S. The highest BCUT2D eigenvalue weighted by atomic mass is 32.2. The standard InChI is InChI=1S/C17H23N3O3S/c1-5-7-19-11(2)9-13(12(19)3)15(21)10-20-16(22)14(6-8-24-4)18-17(20)23/h5,9,14H,1,6-8,10H2,2-4H3,(H,18,23). The molecule has 0 spiro atoms. The average Bonchev–Trinajstić information content (AvgIpc) is 2.97. The van der Waals surface area contributed by atoms with Crippen LogP contribution >= 0.6 is 11.8 Å². The van der Waals surface area contributed by atoms with Crippen molar-refractivity contribution in [3.05, 3.63) is 35.7 Å². The topological polar surface area (TPSA) is 71.4 Å². The van der Waals surface area contributed by atoms with Crippen LogP contribution in [0, 0.1) is 13.8 Å². The Morgan fingerprint density at radius 3 is 2.75 bits per heavy atom. The van der Waals surface area contributed by atoms with E-state index < -0.39 is 12.1 Å². The first-order valence-corrected chi connectivity index (χ1v) is 9.21. The Morgan fingerprint density at radius 2 is 2.12 bits per heavy atom. The minimum absolute atomic E-state index is 0.223. The molecule has 24 heavy (non-hydrogen) atoms. The number of nitrogens with one attached hydrogen (secondary N) is 1. The minimum Gasteiger partial charge on any atom is -0.345 e. The molecule has 130 valence electrons. The molecule has 1 aromatic rings. The van der Waals surface area contributed by atoms with Gasteiger partial charge in [-0.05, 0) is 38.3 Å². The van der Waals surface area contributed by atoms with Gasteiger partial charge in [-0.3, -0.25) is 14.5 Å². The molecule has 1 saturated heterocycles. The second-order valence-corrected chi connectivity index (χ2v) is 6.80. The molecule has 0 radical (unpaired) electrons. The molecular weight excluding hydrogens is 326 g/mol. The minimum atomic E-state index is -0.522. The summed E-state index contributed by atoms with van der Waals surface area (Å²) in [5, 5.41) is 2.65. The predicted octanol–water partition coefficient (Wildman–Crippen LogP) is 2.15. The number of carbonyl (C=O) groups is 3. The van der Waals surface area contributed by atoms with Crippen molar-refractivity contribution >= 4 is 29.5 Å². The summed E-state index contributed by atoms with van der Waals surface area (Å²) < 4.78 is 1.98. The van der Waals surface area contributed by atoms with Gasteiger partial charge in [0.15, 0.2) is 5.78 Å². The maximum absolute atomic E-state index is 12.6. The number of hydrogen-bond acceptors (Lipinski definition) is 4. The van der Waals surface area contributed by atoms with Crippen LogP contribution in [0.2, 0.25) is 0 Å². The number of aryl methyl sites for hydroxylation is 1. The summed E-state index contributed by atoms with van der Waals surface area (Å²) in [5.41, 5.74) is 2.32. The van der Waals surface area contributed by atoms with Crippen molar-refractivity contribution in [1.29, 1.82) is 0 Å². The summed E-state index contributed by atoms with van der Waals surface area (Å²) in [6.45, 7) is 7.88. The molecule has 0 bridgehead atoms. The molecule has 1 aliphatic rings. The lowest BCUT2D eigenvalue weighted by Gasteiger charge is -2.12. The van der Waals surface area contributed by atoms with Gasteiger partial charge in [-0.2, -0.15) is 11.8 Å². The van der Waals surface area contributed by atoms with Gasteiger partial charge in [0.25, 0.3) is 5.91 Å². The second-order valence-electron chi connectivity index (χ2n) is 5.82. The van der Waals surface area contributed by atoms with Crippen LogP contribution in [-0.4, -0.2) is 51.8 Å². The van der Waals surface area contributed by atoms with Crippen molar-refractivity contribution < 1.29 is 14.4 Å². The Bertz CT molecular complexity index is 681. The van der Waals surface area contributed by atoms with Crippen LogP contribution in [0.15, 0.2) is 18.7 Å². The van der Waals surface area contributed by atoms with Crippen LogP contribution < -0.4 is 5.32 Å². The Kier molecular flexibility index (Phi) is 5.88. The third-order valence-corrected chi connectivity index (χ3v) is 4.85. The van der Waals surface area contributed by atoms with Crippen LogP contribution in [0.5, 0.6) is 0 Å². The zero-order valence-electron chi connectivity index (χ0n) is 14.3. The zero-order valence-corrected chi connectivity index (χ0v) is 15.1. The number of thioether (sulfide) groups is 1. The first kappa shape index (κ1) is 18.3. The lowest BCUT2D eigenvalue weighted by molar-refractivity contribution is -0.127. The van der Waals surface area contributed by atoms with Crippen molar-refractivity contribution in [2.75, 3.05) is 18.6 Å². The van der Waals surface area contributed by atoms with Gasteiger partial charge in [-0.15, -0.1) is 6.58 Å². The largest absolute Gasteiger partial charge is 0.345 e. The van der Waals surface area contributed by atoms with E-state index in [0.29, 0.717) is 18.5 Å². The highest BCUT2D eigenvalue weighted by Crippen LogP contribution is 2.18. The second kappa shape index (κ2) is 7.70. The van der Waals surface area contributed by atoms with Gasteiger partial charge < -0.3 is 9.88 Å². The molecule has 1 unspecified atom stereocenters. The van der Waals surface area contributed by atoms with Crippen LogP contribution in [-0.2, 0) is 11.3 Å². The Balaban J connectivity index is 2.12. The number of hydrogen-bond donors (Lipinski definition) is 1. The van der Waals surface area contributed by atoms with Gasteiger partial charge in [-0.1, -0.05) is 6.08 Å². The smallest absolute Gasteiger partial charge is 0.325 e. The van der Waals surface area contributed by atoms with E-state index in [2.05, 4.69) is 11.9 Å². The molecule has 0 saturated carbocycles. The lowest BCUT2D eigenvalue weighted by atomic mass is 10.1. The summed E-state index contributed by atoms with van der Waals surface area (Å²) in [7, 11) is 0. The first-order valence-electron chi connectivity index (χ1n) is 7.82. The maximum Gasteiger partial charge on any atom is 0.325 e. The van der Waals surface area contributed by atoms with Gasteiger partial charge >= 0.3 is 6.03 Å². The predicted molar refractivity (Wildman–Crippen MR) is 95.5 cm³/mol. The molecule has 2 rings (SSSR count). The molecule has 1 aromatic heterocycles. The fourth-order valence-corrected chi connectivity index (χ4v) is 3.35. The monoisotopic (exact) mass is 349 g/mol. The summed E-state index contributed by atoms with van der Waals surface area (Å²) >= 11 is 1.61. The SMILES string of the molecule is C=CCn1c(C)cc(C(=O)CN2C(=O)NC(CCSC)C2=O)c1C. The number of aromatic nitrogens is 1. The van der Waals surface area contributed by atoms with E-state index in [4.69, 9.17) is 0 Å². The van der Waals surface area contributed by atoms with E-state index in [1.165, 1.54) is 0 Å². The molecule has 3 amide bonds. The number of Topliss-reactive ketones (excluding diaryl/α,β-unsaturated/α-hetero) is 1. The fourth-order valence-electron chi connectivity index (χ4n) is 2.88. The van der Waals surface area contributed by atoms with E-state index in [-0.39, 0.29) is 18.2 Å². The van der Waals surface area contributed by atoms with Crippen molar-refractivity contribution in [3.8, 4) is 0 Å². The average molecular weight is 349 g/mol. The highest BCUT2D eigenvalue weighted by Gasteiger charge is 2.38. The number of imide groups is 1. The van der Waals surface area contributed by atoms with E-state index in [1.807, 2.05) is 24.7 Å². The fraction of sp³-hybridized carbons (Fsp3) is 0.471. The van der Waals surface area contributed by atoms with Gasteiger partial charge in [0.1, 0.15) is 6.04 Å². The molecule has 1 N–H and O–H groups in total. The highest BCUT2D eigenvalue weighted by molar-refractivity contribution is 7.98. The van der Waals surface area contributed by atoms with E-state index in [0.717, 1.165) is 22.0 Å². The van der Waals surface area contributed by atoms with E-state index in [1.54, 1.807) is 23.9 Å². The van der Waals surface area contributed by atoms with Crippen LogP contribution in [0.25, 0.3) is 0 Å². The number of amides is 3. The molecule has 1 fully saturated rings. The van der Waals surface area contributed by atoms with E-state index in [9.17, 15) is 14.4 Å². The van der Waals surface area contributed by atoms with Crippen LogP contribution in [0.1, 0.15) is 28.2 Å². The van der Waals surface area contributed by atoms with E-state index >= 15 is 0 Å². The number of rotatable bonds is 8. The maximum atomic E-state index is 12.6. The van der Waals surface area contributed by atoms with Crippen molar-refractivity contribution in [3.63, 3.8) is 0 Å². The van der Waals surface area contributed by atoms with Gasteiger partial charge in [0.2, 0.25) is 0 Å². The summed E-state index contributed by atoms with van der Waals surface area (Å²) in [5.74, 6) is 0.232.